The Kier molecular flexibility index (Phi) is 5.95. The Bertz CT molecular complexity index is 801. The van der Waals surface area contributed by atoms with E-state index in [1.54, 1.807) is 13.3 Å². The van der Waals surface area contributed by atoms with Gasteiger partial charge in [0.2, 0.25) is 0 Å². The second-order valence-electron chi connectivity index (χ2n) is 5.32. The van der Waals surface area contributed by atoms with Crippen LogP contribution >= 0.6 is 0 Å². The summed E-state index contributed by atoms with van der Waals surface area (Å²) in [7, 11) is 1.64. The van der Waals surface area contributed by atoms with Gasteiger partial charge in [0.15, 0.2) is 5.76 Å². The molecule has 0 saturated carbocycles. The van der Waals surface area contributed by atoms with Crippen LogP contribution in [0.4, 0.5) is 0 Å². The van der Waals surface area contributed by atoms with Crippen LogP contribution in [0.5, 0.6) is 5.75 Å². The van der Waals surface area contributed by atoms with E-state index in [1.165, 1.54) is 6.20 Å². The number of aliphatic hydroxyl groups is 1. The molecule has 0 aliphatic carbocycles. The number of ether oxygens (including phenoxy) is 3. The van der Waals surface area contributed by atoms with Crippen molar-refractivity contribution in [1.82, 2.24) is 9.97 Å². The number of fused-ring (bicyclic) bond motifs is 1. The Morgan fingerprint density at radius 3 is 2.68 bits per heavy atom. The lowest BCUT2D eigenvalue weighted by atomic mass is 10.2. The summed E-state index contributed by atoms with van der Waals surface area (Å²) in [6.07, 6.45) is 3.11. The zero-order valence-corrected chi connectivity index (χ0v) is 14.0. The number of nitrogens with zero attached hydrogens (tertiary/aromatic N) is 2. The fraction of sp³-hybridized carbons (Fsp3) is 0.333. The standard InChI is InChI=1S/C18H20N2O5/c1-22-4-5-23-6-7-24-15-3-2-13-8-18(25-17(13)9-15)16-11-19-14(12-21)10-20-16/h2-3,8-11,21H,4-7,12H2,1H3. The molecule has 7 nitrogen and oxygen atoms in total. The van der Waals surface area contributed by atoms with E-state index in [2.05, 4.69) is 9.97 Å². The maximum absolute atomic E-state index is 9.02. The second kappa shape index (κ2) is 8.57. The fourth-order valence-electron chi connectivity index (χ4n) is 2.25. The van der Waals surface area contributed by atoms with E-state index in [-0.39, 0.29) is 6.61 Å². The van der Waals surface area contributed by atoms with E-state index in [4.69, 9.17) is 23.7 Å². The van der Waals surface area contributed by atoms with Crippen molar-refractivity contribution in [2.24, 2.45) is 0 Å². The highest BCUT2D eigenvalue weighted by Gasteiger charge is 2.09. The molecule has 1 N–H and O–H groups in total. The Morgan fingerprint density at radius 1 is 1.04 bits per heavy atom. The van der Waals surface area contributed by atoms with Crippen LogP contribution in [-0.2, 0) is 16.1 Å². The molecule has 2 heterocycles. The van der Waals surface area contributed by atoms with Gasteiger partial charge in [-0.3, -0.25) is 4.98 Å². The predicted octanol–water partition coefficient (Wildman–Crippen LogP) is 2.42. The van der Waals surface area contributed by atoms with Crippen LogP contribution in [0.15, 0.2) is 41.1 Å². The number of aromatic nitrogens is 2. The van der Waals surface area contributed by atoms with Gasteiger partial charge in [-0.2, -0.15) is 0 Å². The van der Waals surface area contributed by atoms with Gasteiger partial charge in [0.25, 0.3) is 0 Å². The van der Waals surface area contributed by atoms with Crippen LogP contribution < -0.4 is 4.74 Å². The third-order valence-electron chi connectivity index (χ3n) is 3.54. The van der Waals surface area contributed by atoms with Gasteiger partial charge in [-0.1, -0.05) is 0 Å². The zero-order chi connectivity index (χ0) is 17.5. The molecule has 0 unspecified atom stereocenters. The molecule has 0 bridgehead atoms. The van der Waals surface area contributed by atoms with Crippen LogP contribution in [-0.4, -0.2) is 48.6 Å². The summed E-state index contributed by atoms with van der Waals surface area (Å²) in [6.45, 7) is 1.94. The smallest absolute Gasteiger partial charge is 0.155 e. The van der Waals surface area contributed by atoms with E-state index >= 15 is 0 Å². The molecule has 7 heteroatoms. The Balaban J connectivity index is 1.64. The Hall–Kier alpha value is -2.48. The summed E-state index contributed by atoms with van der Waals surface area (Å²) in [6, 6.07) is 7.55. The molecule has 0 saturated heterocycles. The zero-order valence-electron chi connectivity index (χ0n) is 14.0. The lowest BCUT2D eigenvalue weighted by molar-refractivity contribution is 0.0544. The van der Waals surface area contributed by atoms with Gasteiger partial charge in [-0.15, -0.1) is 0 Å². The van der Waals surface area contributed by atoms with Gasteiger partial charge in [0.1, 0.15) is 23.6 Å². The summed E-state index contributed by atoms with van der Waals surface area (Å²) < 4.78 is 21.8. The first-order valence-electron chi connectivity index (χ1n) is 7.95. The minimum absolute atomic E-state index is 0.136. The second-order valence-corrected chi connectivity index (χ2v) is 5.32. The molecule has 3 rings (SSSR count). The van der Waals surface area contributed by atoms with Crippen molar-refractivity contribution in [2.45, 2.75) is 6.61 Å². The van der Waals surface area contributed by atoms with Gasteiger partial charge in [-0.25, -0.2) is 4.98 Å². The van der Waals surface area contributed by atoms with Crippen molar-refractivity contribution >= 4 is 11.0 Å². The van der Waals surface area contributed by atoms with E-state index in [9.17, 15) is 0 Å². The number of methoxy groups -OCH3 is 1. The summed E-state index contributed by atoms with van der Waals surface area (Å²) >= 11 is 0. The molecule has 132 valence electrons. The largest absolute Gasteiger partial charge is 0.491 e. The van der Waals surface area contributed by atoms with Crippen molar-refractivity contribution in [3.63, 3.8) is 0 Å². The molecule has 0 aliphatic heterocycles. The molecule has 2 aromatic heterocycles. The Labute approximate surface area is 145 Å². The van der Waals surface area contributed by atoms with Gasteiger partial charge in [0.05, 0.1) is 44.5 Å². The molecule has 0 atom stereocenters. The normalized spacial score (nSPS) is 11.1. The van der Waals surface area contributed by atoms with Crippen LogP contribution in [0.1, 0.15) is 5.69 Å². The molecule has 3 aromatic rings. The minimum atomic E-state index is -0.136. The lowest BCUT2D eigenvalue weighted by Gasteiger charge is -2.06. The topological polar surface area (TPSA) is 86.8 Å². The van der Waals surface area contributed by atoms with Gasteiger partial charge in [-0.05, 0) is 18.2 Å². The molecule has 1 aromatic carbocycles. The van der Waals surface area contributed by atoms with Crippen molar-refractivity contribution in [3.8, 4) is 17.2 Å². The molecule has 0 amide bonds. The minimum Gasteiger partial charge on any atom is -0.491 e. The van der Waals surface area contributed by atoms with E-state index in [0.29, 0.717) is 54.9 Å². The fourth-order valence-corrected chi connectivity index (χ4v) is 2.25. The van der Waals surface area contributed by atoms with E-state index in [1.807, 2.05) is 24.3 Å². The molecular formula is C18H20N2O5. The number of hydrogen-bond donors (Lipinski definition) is 1. The van der Waals surface area contributed by atoms with Crippen molar-refractivity contribution in [2.75, 3.05) is 33.5 Å². The highest BCUT2D eigenvalue weighted by molar-refractivity contribution is 5.83. The SMILES string of the molecule is COCCOCCOc1ccc2cc(-c3cnc(CO)cn3)oc2c1. The Morgan fingerprint density at radius 2 is 1.92 bits per heavy atom. The predicted molar refractivity (Wildman–Crippen MR) is 91.4 cm³/mol. The number of furan rings is 1. The van der Waals surface area contributed by atoms with Crippen molar-refractivity contribution in [3.05, 3.63) is 42.4 Å². The molecule has 0 fully saturated rings. The van der Waals surface area contributed by atoms with Gasteiger partial charge in [0, 0.05) is 18.6 Å². The molecule has 0 spiro atoms. The molecule has 0 radical (unpaired) electrons. The summed E-state index contributed by atoms with van der Waals surface area (Å²) in [4.78, 5) is 8.36. The van der Waals surface area contributed by atoms with Gasteiger partial charge >= 0.3 is 0 Å². The maximum Gasteiger partial charge on any atom is 0.155 e. The summed E-state index contributed by atoms with van der Waals surface area (Å²) in [5.74, 6) is 1.33. The average Bonchev–Trinajstić information content (AvgIpc) is 3.08. The number of rotatable bonds is 9. The monoisotopic (exact) mass is 344 g/mol. The quantitative estimate of drug-likeness (QED) is 0.597. The van der Waals surface area contributed by atoms with Crippen molar-refractivity contribution < 1.29 is 23.7 Å². The van der Waals surface area contributed by atoms with Crippen LogP contribution in [0.3, 0.4) is 0 Å². The average molecular weight is 344 g/mol. The number of benzene rings is 1. The first-order chi connectivity index (χ1) is 12.3. The van der Waals surface area contributed by atoms with E-state index < -0.39 is 0 Å². The highest BCUT2D eigenvalue weighted by Crippen LogP contribution is 2.29. The third-order valence-corrected chi connectivity index (χ3v) is 3.54. The highest BCUT2D eigenvalue weighted by atomic mass is 16.5. The lowest BCUT2D eigenvalue weighted by Crippen LogP contribution is -2.09. The van der Waals surface area contributed by atoms with E-state index in [0.717, 1.165) is 5.39 Å². The summed E-state index contributed by atoms with van der Waals surface area (Å²) in [5.41, 5.74) is 1.84. The number of aliphatic hydroxyl groups excluding tert-OH is 1. The molecule has 0 aliphatic rings. The van der Waals surface area contributed by atoms with Crippen LogP contribution in [0.25, 0.3) is 22.4 Å². The first-order valence-corrected chi connectivity index (χ1v) is 7.95. The van der Waals surface area contributed by atoms with Gasteiger partial charge < -0.3 is 23.7 Å². The summed E-state index contributed by atoms with van der Waals surface area (Å²) in [5, 5.41) is 9.97. The molecule has 25 heavy (non-hydrogen) atoms. The van der Waals surface area contributed by atoms with Crippen molar-refractivity contribution in [1.29, 1.82) is 0 Å². The first kappa shape index (κ1) is 17.3. The molecular weight excluding hydrogens is 324 g/mol. The third kappa shape index (κ3) is 4.54. The van der Waals surface area contributed by atoms with Crippen LogP contribution in [0, 0.1) is 0 Å². The van der Waals surface area contributed by atoms with Crippen LogP contribution in [0.2, 0.25) is 0 Å². The number of hydrogen-bond acceptors (Lipinski definition) is 7. The maximum atomic E-state index is 9.02.